The second-order valence-electron chi connectivity index (χ2n) is 3.98. The van der Waals surface area contributed by atoms with Gasteiger partial charge in [-0.25, -0.2) is 9.78 Å². The summed E-state index contributed by atoms with van der Waals surface area (Å²) in [5.41, 5.74) is -0.110. The van der Waals surface area contributed by atoms with E-state index in [9.17, 15) is 14.9 Å². The number of carboxylic acid groups (broad SMARTS) is 1. The first-order chi connectivity index (χ1) is 10.0. The Balaban J connectivity index is 2.42. The van der Waals surface area contributed by atoms with Crippen LogP contribution in [0, 0.1) is 10.1 Å². The van der Waals surface area contributed by atoms with Crippen LogP contribution < -0.4 is 10.1 Å². The van der Waals surface area contributed by atoms with Crippen molar-refractivity contribution in [3.05, 3.63) is 52.2 Å². The lowest BCUT2D eigenvalue weighted by molar-refractivity contribution is -0.384. The molecule has 0 radical (unpaired) electrons. The van der Waals surface area contributed by atoms with Gasteiger partial charge in [-0.05, 0) is 18.2 Å². The molecule has 21 heavy (non-hydrogen) atoms. The van der Waals surface area contributed by atoms with E-state index >= 15 is 0 Å². The summed E-state index contributed by atoms with van der Waals surface area (Å²) in [4.78, 5) is 25.0. The monoisotopic (exact) mass is 289 g/mol. The van der Waals surface area contributed by atoms with Crippen molar-refractivity contribution in [1.82, 2.24) is 4.98 Å². The topological polar surface area (TPSA) is 115 Å². The van der Waals surface area contributed by atoms with E-state index < -0.39 is 10.9 Å². The van der Waals surface area contributed by atoms with Crippen LogP contribution in [0.4, 0.5) is 17.2 Å². The summed E-state index contributed by atoms with van der Waals surface area (Å²) < 4.78 is 5.04. The summed E-state index contributed by atoms with van der Waals surface area (Å²) in [6.45, 7) is 0. The van der Waals surface area contributed by atoms with Gasteiger partial charge < -0.3 is 15.2 Å². The molecule has 0 bridgehead atoms. The number of carbonyl (C=O) groups is 1. The number of hydrogen-bond donors (Lipinski definition) is 2. The van der Waals surface area contributed by atoms with Crippen LogP contribution in [0.3, 0.4) is 0 Å². The molecule has 2 aromatic rings. The van der Waals surface area contributed by atoms with Gasteiger partial charge in [0.2, 0.25) is 5.82 Å². The molecule has 0 saturated carbocycles. The Bertz CT molecular complexity index is 702. The zero-order valence-electron chi connectivity index (χ0n) is 10.9. The molecule has 0 unspecified atom stereocenters. The van der Waals surface area contributed by atoms with E-state index in [0.29, 0.717) is 11.4 Å². The molecule has 0 aliphatic carbocycles. The van der Waals surface area contributed by atoms with Crippen molar-refractivity contribution in [2.45, 2.75) is 0 Å². The summed E-state index contributed by atoms with van der Waals surface area (Å²) in [7, 11) is 1.49. The van der Waals surface area contributed by atoms with E-state index in [1.165, 1.54) is 7.11 Å². The van der Waals surface area contributed by atoms with Crippen LogP contribution in [0.25, 0.3) is 0 Å². The van der Waals surface area contributed by atoms with Crippen molar-refractivity contribution in [2.75, 3.05) is 12.4 Å². The number of anilines is 2. The quantitative estimate of drug-likeness (QED) is 0.641. The van der Waals surface area contributed by atoms with Crippen LogP contribution in [0.5, 0.6) is 5.75 Å². The van der Waals surface area contributed by atoms with Crippen molar-refractivity contribution in [2.24, 2.45) is 0 Å². The van der Waals surface area contributed by atoms with E-state index in [-0.39, 0.29) is 17.2 Å². The Kier molecular flexibility index (Phi) is 3.98. The van der Waals surface area contributed by atoms with Gasteiger partial charge in [0.25, 0.3) is 0 Å². The molecule has 0 saturated heterocycles. The standard InChI is InChI=1S/C13H11N3O5/c1-21-9-4-2-3-8(7-9)14-12-11(16(19)20)6-5-10(15-12)13(17)18/h2-7H,1H3,(H,14,15)(H,17,18). The number of nitrogens with zero attached hydrogens (tertiary/aromatic N) is 2. The summed E-state index contributed by atoms with van der Waals surface area (Å²) in [6, 6.07) is 8.84. The molecule has 0 spiro atoms. The highest BCUT2D eigenvalue weighted by Crippen LogP contribution is 2.27. The van der Waals surface area contributed by atoms with Crippen LogP contribution >= 0.6 is 0 Å². The maximum absolute atomic E-state index is 11.0. The molecule has 0 amide bonds. The van der Waals surface area contributed by atoms with Gasteiger partial charge in [0.15, 0.2) is 5.69 Å². The minimum Gasteiger partial charge on any atom is -0.497 e. The Hall–Kier alpha value is -3.16. The zero-order chi connectivity index (χ0) is 15.4. The van der Waals surface area contributed by atoms with Gasteiger partial charge in [-0.1, -0.05) is 6.07 Å². The number of methoxy groups -OCH3 is 1. The third-order valence-electron chi connectivity index (χ3n) is 2.62. The van der Waals surface area contributed by atoms with E-state index in [4.69, 9.17) is 9.84 Å². The number of rotatable bonds is 5. The molecule has 0 fully saturated rings. The van der Waals surface area contributed by atoms with Gasteiger partial charge in [-0.15, -0.1) is 0 Å². The lowest BCUT2D eigenvalue weighted by atomic mass is 10.2. The number of carboxylic acids is 1. The van der Waals surface area contributed by atoms with Gasteiger partial charge in [0.1, 0.15) is 5.75 Å². The van der Waals surface area contributed by atoms with Crippen molar-refractivity contribution in [1.29, 1.82) is 0 Å². The van der Waals surface area contributed by atoms with Gasteiger partial charge >= 0.3 is 11.7 Å². The van der Waals surface area contributed by atoms with E-state index in [1.807, 2.05) is 0 Å². The SMILES string of the molecule is COc1cccc(Nc2nc(C(=O)O)ccc2[N+](=O)[O-])c1. The molecule has 0 atom stereocenters. The van der Waals surface area contributed by atoms with Gasteiger partial charge in [-0.3, -0.25) is 10.1 Å². The highest BCUT2D eigenvalue weighted by Gasteiger charge is 2.18. The zero-order valence-corrected chi connectivity index (χ0v) is 10.9. The minimum atomic E-state index is -1.27. The van der Waals surface area contributed by atoms with Gasteiger partial charge in [0, 0.05) is 17.8 Å². The van der Waals surface area contributed by atoms with E-state index in [0.717, 1.165) is 12.1 Å². The van der Waals surface area contributed by atoms with Crippen molar-refractivity contribution in [3.8, 4) is 5.75 Å². The van der Waals surface area contributed by atoms with Crippen molar-refractivity contribution >= 4 is 23.2 Å². The lowest BCUT2D eigenvalue weighted by Crippen LogP contribution is -2.06. The average Bonchev–Trinajstić information content (AvgIpc) is 2.47. The molecule has 2 rings (SSSR count). The molecule has 8 nitrogen and oxygen atoms in total. The molecule has 1 heterocycles. The number of aromatic carboxylic acids is 1. The largest absolute Gasteiger partial charge is 0.497 e. The second kappa shape index (κ2) is 5.87. The predicted molar refractivity (Wildman–Crippen MR) is 74.1 cm³/mol. The van der Waals surface area contributed by atoms with Crippen molar-refractivity contribution < 1.29 is 19.6 Å². The van der Waals surface area contributed by atoms with Crippen LogP contribution in [0.1, 0.15) is 10.5 Å². The fourth-order valence-electron chi connectivity index (χ4n) is 1.65. The number of ether oxygens (including phenoxy) is 1. The summed E-state index contributed by atoms with van der Waals surface area (Å²) >= 11 is 0. The Labute approximate surface area is 119 Å². The number of hydrogen-bond acceptors (Lipinski definition) is 6. The van der Waals surface area contributed by atoms with Gasteiger partial charge in [-0.2, -0.15) is 0 Å². The van der Waals surface area contributed by atoms with Crippen LogP contribution in [-0.2, 0) is 0 Å². The number of benzene rings is 1. The molecule has 1 aromatic carbocycles. The minimum absolute atomic E-state index is 0.145. The molecule has 8 heteroatoms. The fraction of sp³-hybridized carbons (Fsp3) is 0.0769. The lowest BCUT2D eigenvalue weighted by Gasteiger charge is -2.08. The smallest absolute Gasteiger partial charge is 0.354 e. The number of nitro groups is 1. The first kappa shape index (κ1) is 14.3. The Morgan fingerprint density at radius 2 is 2.14 bits per heavy atom. The average molecular weight is 289 g/mol. The fourth-order valence-corrected chi connectivity index (χ4v) is 1.65. The Morgan fingerprint density at radius 3 is 2.76 bits per heavy atom. The molecule has 0 aliphatic rings. The third kappa shape index (κ3) is 3.24. The molecule has 0 aliphatic heterocycles. The second-order valence-corrected chi connectivity index (χ2v) is 3.98. The summed E-state index contributed by atoms with van der Waals surface area (Å²) in [6.07, 6.45) is 0. The summed E-state index contributed by atoms with van der Waals surface area (Å²) in [5, 5.41) is 22.6. The first-order valence-corrected chi connectivity index (χ1v) is 5.81. The molecule has 2 N–H and O–H groups in total. The maximum atomic E-state index is 11.0. The normalized spacial score (nSPS) is 9.95. The number of pyridine rings is 1. The predicted octanol–water partition coefficient (Wildman–Crippen LogP) is 2.44. The third-order valence-corrected chi connectivity index (χ3v) is 2.62. The molecule has 108 valence electrons. The maximum Gasteiger partial charge on any atom is 0.354 e. The number of nitrogens with one attached hydrogen (secondary N) is 1. The van der Waals surface area contributed by atoms with E-state index in [2.05, 4.69) is 10.3 Å². The first-order valence-electron chi connectivity index (χ1n) is 5.81. The van der Waals surface area contributed by atoms with Crippen LogP contribution in [-0.4, -0.2) is 28.1 Å². The molecular formula is C13H11N3O5. The van der Waals surface area contributed by atoms with Crippen LogP contribution in [0.2, 0.25) is 0 Å². The Morgan fingerprint density at radius 1 is 1.38 bits per heavy atom. The molecule has 1 aromatic heterocycles. The highest BCUT2D eigenvalue weighted by atomic mass is 16.6. The number of aromatic nitrogens is 1. The summed E-state index contributed by atoms with van der Waals surface area (Å²) in [5.74, 6) is -0.858. The van der Waals surface area contributed by atoms with Gasteiger partial charge in [0.05, 0.1) is 12.0 Å². The van der Waals surface area contributed by atoms with Crippen LogP contribution in [0.15, 0.2) is 36.4 Å². The molecular weight excluding hydrogens is 278 g/mol. The van der Waals surface area contributed by atoms with E-state index in [1.54, 1.807) is 24.3 Å². The van der Waals surface area contributed by atoms with Crippen molar-refractivity contribution in [3.63, 3.8) is 0 Å². The highest BCUT2D eigenvalue weighted by molar-refractivity contribution is 5.86.